The van der Waals surface area contributed by atoms with E-state index in [2.05, 4.69) is 134 Å². The monoisotopic (exact) mass is 539 g/mol. The van der Waals surface area contributed by atoms with Gasteiger partial charge in [-0.2, -0.15) is 29.7 Å². The second-order valence-corrected chi connectivity index (χ2v) is 17.4. The predicted molar refractivity (Wildman–Crippen MR) is 140 cm³/mol. The van der Waals surface area contributed by atoms with Gasteiger partial charge < -0.3 is 12.4 Å². The molecule has 0 bridgehead atoms. The summed E-state index contributed by atoms with van der Waals surface area (Å²) in [5.41, 5.74) is 2.84. The third-order valence-electron chi connectivity index (χ3n) is 5.31. The molecule has 3 heteroatoms. The molecule has 0 aliphatic heterocycles. The molecule has 0 aromatic heterocycles. The smallest absolute Gasteiger partial charge is 0.0114 e. The minimum absolute atomic E-state index is 0. The van der Waals surface area contributed by atoms with E-state index in [1.807, 2.05) is 0 Å². The molecule has 0 saturated carbocycles. The van der Waals surface area contributed by atoms with Gasteiger partial charge >= 0.3 is 41.9 Å². The number of fused-ring (bicyclic) bond motifs is 3. The van der Waals surface area contributed by atoms with Crippen molar-refractivity contribution in [3.63, 3.8) is 0 Å². The first-order valence-electron chi connectivity index (χ1n) is 10.9. The van der Waals surface area contributed by atoms with Crippen LogP contribution in [0, 0.1) is 0 Å². The Bertz CT molecular complexity index is 1440. The van der Waals surface area contributed by atoms with Crippen molar-refractivity contribution in [1.29, 1.82) is 0 Å². The van der Waals surface area contributed by atoms with E-state index in [0.29, 0.717) is 0 Å². The van der Waals surface area contributed by atoms with Gasteiger partial charge in [-0.05, 0) is 16.3 Å². The third kappa shape index (κ3) is 6.42. The second kappa shape index (κ2) is 12.3. The van der Waals surface area contributed by atoms with Crippen molar-refractivity contribution < 1.29 is 35.7 Å². The summed E-state index contributed by atoms with van der Waals surface area (Å²) in [5.74, 6) is 0. The van der Waals surface area contributed by atoms with Crippen LogP contribution in [0.1, 0.15) is 0 Å². The van der Waals surface area contributed by atoms with Crippen LogP contribution in [-0.4, -0.2) is 5.43 Å². The van der Waals surface area contributed by atoms with Crippen LogP contribution in [0.3, 0.4) is 0 Å². The van der Waals surface area contributed by atoms with Crippen molar-refractivity contribution in [2.45, 2.75) is 13.1 Å². The zero-order valence-electron chi connectivity index (χ0n) is 18.9. The van der Waals surface area contributed by atoms with Crippen LogP contribution in [0.5, 0.6) is 0 Å². The minimum atomic E-state index is 0. The predicted octanol–water partition coefficient (Wildman–Crippen LogP) is 5.73. The van der Waals surface area contributed by atoms with Crippen molar-refractivity contribution in [2.24, 2.45) is 0 Å². The number of benzene rings is 4. The molecule has 0 aliphatic carbocycles. The first kappa shape index (κ1) is 25.4. The van der Waals surface area contributed by atoms with Crippen LogP contribution >= 0.6 is 0 Å². The third-order valence-corrected chi connectivity index (χ3v) is 5.31. The van der Waals surface area contributed by atoms with Crippen molar-refractivity contribution >= 4 is 37.8 Å². The molecule has 0 radical (unpaired) electrons. The fourth-order valence-corrected chi connectivity index (χ4v) is 3.93. The Morgan fingerprint density at radius 3 is 1.82 bits per heavy atom. The van der Waals surface area contributed by atoms with E-state index in [4.69, 9.17) is 0 Å². The normalized spacial score (nSPS) is 9.97. The molecule has 33 heavy (non-hydrogen) atoms. The topological polar surface area (TPSA) is 0 Å². The fourth-order valence-electron chi connectivity index (χ4n) is 3.93. The Morgan fingerprint density at radius 1 is 0.545 bits per heavy atom. The Balaban J connectivity index is 0.000000183. The number of halogens is 1. The first-order chi connectivity index (χ1) is 15.6. The molecule has 0 fully saturated rings. The summed E-state index contributed by atoms with van der Waals surface area (Å²) >= 11 is 1.74. The molecule has 0 amide bonds. The molecule has 0 unspecified atom stereocenters. The second-order valence-electron chi connectivity index (χ2n) is 8.02. The van der Waals surface area contributed by atoms with Gasteiger partial charge in [-0.3, -0.25) is 0 Å². The van der Waals surface area contributed by atoms with E-state index < -0.39 is 0 Å². The van der Waals surface area contributed by atoms with E-state index in [9.17, 15) is 0 Å². The quantitative estimate of drug-likeness (QED) is 0.185. The Labute approximate surface area is 217 Å². The van der Waals surface area contributed by atoms with Crippen LogP contribution in [0.25, 0.3) is 43.4 Å². The molecule has 0 N–H and O–H groups in total. The fraction of sp³-hybridized carbons (Fsp3) is 0.0667. The molecule has 164 valence electrons. The molecule has 0 heterocycles. The van der Waals surface area contributed by atoms with Gasteiger partial charge in [0.1, 0.15) is 0 Å². The molecule has 0 atom stereocenters. The molecule has 0 aliphatic rings. The number of rotatable bonds is 1. The van der Waals surface area contributed by atoms with Gasteiger partial charge in [0.15, 0.2) is 0 Å². The van der Waals surface area contributed by atoms with Gasteiger partial charge in [-0.15, -0.1) is 58.6 Å². The van der Waals surface area contributed by atoms with Crippen LogP contribution in [-0.2, 0) is 23.3 Å². The molecular weight excluding hydrogens is 515 g/mol. The van der Waals surface area contributed by atoms with Gasteiger partial charge in [0.25, 0.3) is 0 Å². The summed E-state index contributed by atoms with van der Waals surface area (Å²) in [6, 6.07) is 42.8. The summed E-state index contributed by atoms with van der Waals surface area (Å²) in [6.45, 7) is 4.62. The molecule has 6 aromatic carbocycles. The van der Waals surface area contributed by atoms with Crippen molar-refractivity contribution in [2.75, 3.05) is 0 Å². The summed E-state index contributed by atoms with van der Waals surface area (Å²) < 4.78 is 0. The van der Waals surface area contributed by atoms with Crippen LogP contribution in [0.4, 0.5) is 0 Å². The number of hydrogen-bond donors (Lipinski definition) is 0. The van der Waals surface area contributed by atoms with Crippen molar-refractivity contribution in [1.82, 2.24) is 0 Å². The molecule has 0 nitrogen and oxygen atoms in total. The van der Waals surface area contributed by atoms with E-state index in [0.717, 1.165) is 0 Å². The van der Waals surface area contributed by atoms with E-state index >= 15 is 0 Å². The Kier molecular flexibility index (Phi) is 9.44. The van der Waals surface area contributed by atoms with Gasteiger partial charge in [-0.25, -0.2) is 0 Å². The van der Waals surface area contributed by atoms with Gasteiger partial charge in [-0.1, -0.05) is 60.2 Å². The van der Waals surface area contributed by atoms with E-state index in [1.54, 1.807) is 23.3 Å². The average Bonchev–Trinajstić information content (AvgIpc) is 3.48. The molecule has 0 saturated heterocycles. The standard InChI is InChI=1S/C19H13.C9H7.C2H6Si.ClH.Zr/c1-2-10-16-14(6-1)8-4-12-18(16)19-13-5-9-15-7-3-11-17(15)19;1-2-5-9-7-3-6-8(9)4-1;1-3-2;;/h1-13H;1-7H;1-2H3;1H;/q2*-1;;;/p-1. The molecular formula is C30H26ClSiZr-3. The van der Waals surface area contributed by atoms with Crippen LogP contribution in [0.15, 0.2) is 121 Å². The summed E-state index contributed by atoms with van der Waals surface area (Å²) in [5, 5.41) is 7.92. The summed E-state index contributed by atoms with van der Waals surface area (Å²) in [7, 11) is 0. The molecule has 0 spiro atoms. The summed E-state index contributed by atoms with van der Waals surface area (Å²) in [4.78, 5) is 0. The maximum absolute atomic E-state index is 2.31. The van der Waals surface area contributed by atoms with Crippen molar-refractivity contribution in [3.05, 3.63) is 121 Å². The summed E-state index contributed by atoms with van der Waals surface area (Å²) in [6.07, 6.45) is 0. The first-order valence-corrected chi connectivity index (χ1v) is 17.1. The SMILES string of the molecule is C[Si](C)=[Zr].[Cl-].c1ccc2[cH-]ccc2c1.c1ccc2c(-c3cccc4[cH-]ccc34)cccc2c1. The van der Waals surface area contributed by atoms with Crippen LogP contribution < -0.4 is 12.4 Å². The molecule has 6 aromatic rings. The van der Waals surface area contributed by atoms with Crippen LogP contribution in [0.2, 0.25) is 13.1 Å². The van der Waals surface area contributed by atoms with E-state index in [1.165, 1.54) is 43.4 Å². The van der Waals surface area contributed by atoms with Gasteiger partial charge in [0.05, 0.1) is 0 Å². The van der Waals surface area contributed by atoms with E-state index in [-0.39, 0.29) is 17.8 Å². The van der Waals surface area contributed by atoms with Gasteiger partial charge in [0.2, 0.25) is 0 Å². The average molecular weight is 541 g/mol. The zero-order chi connectivity index (χ0) is 22.3. The van der Waals surface area contributed by atoms with Crippen molar-refractivity contribution in [3.8, 4) is 11.1 Å². The molecule has 6 rings (SSSR count). The Morgan fingerprint density at radius 2 is 1.06 bits per heavy atom. The zero-order valence-corrected chi connectivity index (χ0v) is 23.1. The minimum Gasteiger partial charge on any atom is -1.00 e. The maximum atomic E-state index is 2.31. The maximum Gasteiger partial charge on any atom is -0.0114 e. The Hall–Kier alpha value is -2.25. The van der Waals surface area contributed by atoms with Gasteiger partial charge in [0, 0.05) is 0 Å². The largest absolute Gasteiger partial charge is 1.00 e. The number of hydrogen-bond acceptors (Lipinski definition) is 0.